The minimum atomic E-state index is -0.298. The average molecular weight is 259 g/mol. The third-order valence-electron chi connectivity index (χ3n) is 3.51. The number of hydrogen-bond donors (Lipinski definition) is 1. The molecule has 0 aromatic carbocycles. The molecule has 0 aliphatic heterocycles. The zero-order valence-corrected chi connectivity index (χ0v) is 10.9. The van der Waals surface area contributed by atoms with E-state index in [9.17, 15) is 9.90 Å². The van der Waals surface area contributed by atoms with E-state index in [2.05, 4.69) is 11.1 Å². The highest BCUT2D eigenvalue weighted by Gasteiger charge is 2.35. The summed E-state index contributed by atoms with van der Waals surface area (Å²) in [6.07, 6.45) is 4.00. The first-order valence-electron chi connectivity index (χ1n) is 6.47. The van der Waals surface area contributed by atoms with Crippen molar-refractivity contribution in [1.82, 2.24) is 9.88 Å². The van der Waals surface area contributed by atoms with Crippen molar-refractivity contribution in [2.24, 2.45) is 5.92 Å². The number of amides is 1. The van der Waals surface area contributed by atoms with Gasteiger partial charge in [0.1, 0.15) is 5.75 Å². The Morgan fingerprint density at radius 2 is 2.42 bits per heavy atom. The van der Waals surface area contributed by atoms with E-state index in [4.69, 9.17) is 5.26 Å². The Kier molecular flexibility index (Phi) is 4.00. The molecule has 19 heavy (non-hydrogen) atoms. The van der Waals surface area contributed by atoms with E-state index < -0.39 is 0 Å². The fourth-order valence-electron chi connectivity index (χ4n) is 2.19. The SMILES string of the molecule is C[C@H](C1CC1)N(CCC#N)C(=O)c1ncccc1O. The predicted octanol–water partition coefficient (Wildman–Crippen LogP) is 1.94. The number of carbonyl (C=O) groups excluding carboxylic acids is 1. The molecule has 0 spiro atoms. The Labute approximate surface area is 112 Å². The van der Waals surface area contributed by atoms with Crippen molar-refractivity contribution in [2.75, 3.05) is 6.54 Å². The molecule has 0 bridgehead atoms. The topological polar surface area (TPSA) is 77.2 Å². The van der Waals surface area contributed by atoms with Crippen molar-refractivity contribution in [3.05, 3.63) is 24.0 Å². The van der Waals surface area contributed by atoms with Gasteiger partial charge in [0.05, 0.1) is 12.5 Å². The minimum absolute atomic E-state index is 0.0629. The van der Waals surface area contributed by atoms with Crippen LogP contribution in [-0.4, -0.2) is 33.5 Å². The van der Waals surface area contributed by atoms with Crippen molar-refractivity contribution in [1.29, 1.82) is 5.26 Å². The van der Waals surface area contributed by atoms with Crippen LogP contribution in [0.25, 0.3) is 0 Å². The number of carbonyl (C=O) groups is 1. The molecule has 1 aliphatic carbocycles. The van der Waals surface area contributed by atoms with Gasteiger partial charge in [-0.1, -0.05) is 0 Å². The fourth-order valence-corrected chi connectivity index (χ4v) is 2.19. The van der Waals surface area contributed by atoms with Crippen LogP contribution in [0.5, 0.6) is 5.75 Å². The third-order valence-corrected chi connectivity index (χ3v) is 3.51. The fraction of sp³-hybridized carbons (Fsp3) is 0.500. The maximum absolute atomic E-state index is 12.4. The molecule has 1 saturated carbocycles. The number of aromatic nitrogens is 1. The maximum atomic E-state index is 12.4. The molecule has 1 aliphatic rings. The second-order valence-corrected chi connectivity index (χ2v) is 4.86. The quantitative estimate of drug-likeness (QED) is 0.876. The summed E-state index contributed by atoms with van der Waals surface area (Å²) in [5.74, 6) is 0.0960. The Morgan fingerprint density at radius 1 is 1.68 bits per heavy atom. The summed E-state index contributed by atoms with van der Waals surface area (Å²) < 4.78 is 0. The molecule has 1 aromatic rings. The largest absolute Gasteiger partial charge is 0.505 e. The second kappa shape index (κ2) is 5.70. The smallest absolute Gasteiger partial charge is 0.276 e. The molecule has 5 nitrogen and oxygen atoms in total. The van der Waals surface area contributed by atoms with Crippen LogP contribution in [0.4, 0.5) is 0 Å². The maximum Gasteiger partial charge on any atom is 0.276 e. The molecule has 1 N–H and O–H groups in total. The summed E-state index contributed by atoms with van der Waals surface area (Å²) in [5, 5.41) is 18.4. The molecule has 100 valence electrons. The van der Waals surface area contributed by atoms with Gasteiger partial charge in [0.2, 0.25) is 0 Å². The van der Waals surface area contributed by atoms with Crippen LogP contribution in [0.3, 0.4) is 0 Å². The standard InChI is InChI=1S/C14H17N3O2/c1-10(11-5-6-11)17(9-3-7-15)14(19)13-12(18)4-2-8-16-13/h2,4,8,10-11,18H,3,5-6,9H2,1H3/t10-/m1/s1. The van der Waals surface area contributed by atoms with Gasteiger partial charge in [0, 0.05) is 18.8 Å². The van der Waals surface area contributed by atoms with E-state index >= 15 is 0 Å². The van der Waals surface area contributed by atoms with E-state index in [1.165, 1.54) is 12.3 Å². The summed E-state index contributed by atoms with van der Waals surface area (Å²) in [6, 6.07) is 5.17. The number of pyridine rings is 1. The molecule has 1 fully saturated rings. The highest BCUT2D eigenvalue weighted by atomic mass is 16.3. The molecule has 2 rings (SSSR count). The van der Waals surface area contributed by atoms with Gasteiger partial charge < -0.3 is 10.0 Å². The number of rotatable bonds is 5. The molecule has 1 heterocycles. The first-order valence-corrected chi connectivity index (χ1v) is 6.47. The van der Waals surface area contributed by atoms with Crippen LogP contribution in [0.2, 0.25) is 0 Å². The molecule has 1 atom stereocenters. The van der Waals surface area contributed by atoms with E-state index in [0.717, 1.165) is 12.8 Å². The van der Waals surface area contributed by atoms with Crippen LogP contribution >= 0.6 is 0 Å². The Bertz CT molecular complexity index is 506. The third kappa shape index (κ3) is 3.02. The van der Waals surface area contributed by atoms with Gasteiger partial charge >= 0.3 is 0 Å². The van der Waals surface area contributed by atoms with E-state index in [0.29, 0.717) is 12.5 Å². The van der Waals surface area contributed by atoms with E-state index in [-0.39, 0.29) is 29.8 Å². The summed E-state index contributed by atoms with van der Waals surface area (Å²) in [6.45, 7) is 2.37. The van der Waals surface area contributed by atoms with Crippen LogP contribution in [0, 0.1) is 17.2 Å². The van der Waals surface area contributed by atoms with Gasteiger partial charge in [0.25, 0.3) is 5.91 Å². The van der Waals surface area contributed by atoms with Crippen molar-refractivity contribution >= 4 is 5.91 Å². The number of hydrogen-bond acceptors (Lipinski definition) is 4. The molecule has 0 unspecified atom stereocenters. The first-order chi connectivity index (χ1) is 9.15. The van der Waals surface area contributed by atoms with Crippen LogP contribution in [0.1, 0.15) is 36.7 Å². The lowest BCUT2D eigenvalue weighted by Crippen LogP contribution is -2.41. The van der Waals surface area contributed by atoms with Gasteiger partial charge in [-0.25, -0.2) is 4.98 Å². The molecule has 1 amide bonds. The normalized spacial score (nSPS) is 15.6. The lowest BCUT2D eigenvalue weighted by atomic mass is 10.1. The Balaban J connectivity index is 2.19. The van der Waals surface area contributed by atoms with Crippen molar-refractivity contribution in [2.45, 2.75) is 32.2 Å². The number of nitrogens with zero attached hydrogens (tertiary/aromatic N) is 3. The molecule has 0 saturated heterocycles. The summed E-state index contributed by atoms with van der Waals surface area (Å²) in [7, 11) is 0. The lowest BCUT2D eigenvalue weighted by molar-refractivity contribution is 0.0667. The minimum Gasteiger partial charge on any atom is -0.505 e. The van der Waals surface area contributed by atoms with Crippen molar-refractivity contribution < 1.29 is 9.90 Å². The van der Waals surface area contributed by atoms with Gasteiger partial charge in [-0.15, -0.1) is 0 Å². The summed E-state index contributed by atoms with van der Waals surface area (Å²) in [5.41, 5.74) is 0.0629. The molecule has 0 radical (unpaired) electrons. The zero-order chi connectivity index (χ0) is 13.8. The Morgan fingerprint density at radius 3 is 3.00 bits per heavy atom. The molecular weight excluding hydrogens is 242 g/mol. The summed E-state index contributed by atoms with van der Waals surface area (Å²) >= 11 is 0. The second-order valence-electron chi connectivity index (χ2n) is 4.86. The van der Waals surface area contributed by atoms with Crippen LogP contribution < -0.4 is 0 Å². The summed E-state index contributed by atoms with van der Waals surface area (Å²) in [4.78, 5) is 18.0. The lowest BCUT2D eigenvalue weighted by Gasteiger charge is -2.28. The zero-order valence-electron chi connectivity index (χ0n) is 10.9. The van der Waals surface area contributed by atoms with Gasteiger partial charge in [-0.3, -0.25) is 4.79 Å². The average Bonchev–Trinajstić information content (AvgIpc) is 3.23. The first kappa shape index (κ1) is 13.3. The Hall–Kier alpha value is -2.09. The molecular formula is C14H17N3O2. The molecule has 5 heteroatoms. The van der Waals surface area contributed by atoms with Gasteiger partial charge in [-0.05, 0) is 37.8 Å². The highest BCUT2D eigenvalue weighted by molar-refractivity contribution is 5.95. The monoisotopic (exact) mass is 259 g/mol. The van der Waals surface area contributed by atoms with Crippen LogP contribution in [0.15, 0.2) is 18.3 Å². The van der Waals surface area contributed by atoms with Crippen molar-refractivity contribution in [3.8, 4) is 11.8 Å². The van der Waals surface area contributed by atoms with E-state index in [1.807, 2.05) is 6.92 Å². The van der Waals surface area contributed by atoms with Crippen molar-refractivity contribution in [3.63, 3.8) is 0 Å². The number of nitriles is 1. The van der Waals surface area contributed by atoms with Gasteiger partial charge in [-0.2, -0.15) is 5.26 Å². The highest BCUT2D eigenvalue weighted by Crippen LogP contribution is 2.35. The number of aromatic hydroxyl groups is 1. The predicted molar refractivity (Wildman–Crippen MR) is 69.4 cm³/mol. The van der Waals surface area contributed by atoms with Crippen LogP contribution in [-0.2, 0) is 0 Å². The van der Waals surface area contributed by atoms with Gasteiger partial charge in [0.15, 0.2) is 5.69 Å². The molecule has 1 aromatic heterocycles. The van der Waals surface area contributed by atoms with E-state index in [1.54, 1.807) is 11.0 Å².